The summed E-state index contributed by atoms with van der Waals surface area (Å²) in [5.74, 6) is -0.745. The first-order valence-electron chi connectivity index (χ1n) is 6.36. The van der Waals surface area contributed by atoms with Crippen molar-refractivity contribution < 1.29 is 24.6 Å². The molecule has 0 unspecified atom stereocenters. The lowest BCUT2D eigenvalue weighted by atomic mass is 10.2. The average molecular weight is 322 g/mol. The number of hydrogen-bond donors (Lipinski definition) is 3. The van der Waals surface area contributed by atoms with Gasteiger partial charge in [0.05, 0.1) is 11.4 Å². The van der Waals surface area contributed by atoms with Gasteiger partial charge in [-0.2, -0.15) is 0 Å². The van der Waals surface area contributed by atoms with Crippen LogP contribution >= 0.6 is 11.8 Å². The van der Waals surface area contributed by atoms with Gasteiger partial charge in [0.2, 0.25) is 5.91 Å². The Hall–Kier alpha value is -2.16. The minimum absolute atomic E-state index is 0.184. The fraction of sp³-hybridized carbons (Fsp3) is 0.214. The van der Waals surface area contributed by atoms with Crippen LogP contribution < -0.4 is 5.32 Å². The molecule has 0 aromatic heterocycles. The number of anilines is 1. The Bertz CT molecular complexity index is 639. The monoisotopic (exact) mass is 322 g/mol. The first-order valence-corrected chi connectivity index (χ1v) is 7.17. The normalized spacial score (nSPS) is 16.7. The van der Waals surface area contributed by atoms with E-state index in [-0.39, 0.29) is 10.8 Å². The third-order valence-corrected chi connectivity index (χ3v) is 3.66. The number of carbonyl (C=O) groups is 3. The van der Waals surface area contributed by atoms with Gasteiger partial charge in [-0.1, -0.05) is 12.1 Å². The Morgan fingerprint density at radius 3 is 2.50 bits per heavy atom. The lowest BCUT2D eigenvalue weighted by molar-refractivity contribution is -0.127. The van der Waals surface area contributed by atoms with Crippen LogP contribution in [0.15, 0.2) is 29.2 Å². The number of thioether (sulfide) groups is 1. The number of nitrogens with zero attached hydrogens (tertiary/aromatic N) is 1. The van der Waals surface area contributed by atoms with Crippen LogP contribution in [0.4, 0.5) is 10.5 Å². The lowest BCUT2D eigenvalue weighted by Gasteiger charge is -2.12. The van der Waals surface area contributed by atoms with Crippen molar-refractivity contribution >= 4 is 40.6 Å². The zero-order chi connectivity index (χ0) is 16.3. The summed E-state index contributed by atoms with van der Waals surface area (Å²) in [5, 5.41) is 19.8. The molecule has 1 aliphatic heterocycles. The van der Waals surface area contributed by atoms with Crippen molar-refractivity contribution in [3.8, 4) is 0 Å². The third-order valence-electron chi connectivity index (χ3n) is 2.75. The second-order valence-electron chi connectivity index (χ2n) is 4.58. The van der Waals surface area contributed by atoms with E-state index in [2.05, 4.69) is 5.32 Å². The molecule has 1 fully saturated rings. The number of amides is 3. The number of nitrogens with one attached hydrogen (secondary N) is 1. The quantitative estimate of drug-likeness (QED) is 0.564. The van der Waals surface area contributed by atoms with Crippen LogP contribution in [0.25, 0.3) is 6.08 Å². The molecule has 2 rings (SSSR count). The number of benzene rings is 1. The number of imide groups is 1. The number of aliphatic hydroxyl groups excluding tert-OH is 1. The van der Waals surface area contributed by atoms with Gasteiger partial charge in [0.15, 0.2) is 6.29 Å². The maximum Gasteiger partial charge on any atom is 0.293 e. The SMILES string of the molecule is CC(=O)Nc1ccc(/C=C2\SC(=O)N(CC(O)O)C2=O)cc1. The molecule has 0 aliphatic carbocycles. The number of aliphatic hydroxyl groups is 2. The fourth-order valence-corrected chi connectivity index (χ4v) is 2.69. The van der Waals surface area contributed by atoms with Crippen LogP contribution in [0.1, 0.15) is 12.5 Å². The van der Waals surface area contributed by atoms with Crippen LogP contribution in [-0.4, -0.2) is 45.0 Å². The summed E-state index contributed by atoms with van der Waals surface area (Å²) in [4.78, 5) is 35.6. The van der Waals surface area contributed by atoms with Crippen LogP contribution in [-0.2, 0) is 9.59 Å². The van der Waals surface area contributed by atoms with Crippen LogP contribution in [0.3, 0.4) is 0 Å². The van der Waals surface area contributed by atoms with E-state index in [0.717, 1.165) is 16.7 Å². The fourth-order valence-electron chi connectivity index (χ4n) is 1.84. The molecule has 0 atom stereocenters. The van der Waals surface area contributed by atoms with E-state index < -0.39 is 24.0 Å². The maximum absolute atomic E-state index is 12.0. The smallest absolute Gasteiger partial charge is 0.293 e. The zero-order valence-electron chi connectivity index (χ0n) is 11.6. The van der Waals surface area contributed by atoms with Crippen molar-refractivity contribution in [1.82, 2.24) is 4.90 Å². The molecule has 0 spiro atoms. The Morgan fingerprint density at radius 1 is 1.32 bits per heavy atom. The number of carbonyl (C=O) groups excluding carboxylic acids is 3. The van der Waals surface area contributed by atoms with Crippen molar-refractivity contribution in [2.75, 3.05) is 11.9 Å². The molecular weight excluding hydrogens is 308 g/mol. The molecule has 22 heavy (non-hydrogen) atoms. The number of hydrogen-bond acceptors (Lipinski definition) is 6. The van der Waals surface area contributed by atoms with Gasteiger partial charge in [0.1, 0.15) is 0 Å². The molecule has 8 heteroatoms. The second-order valence-corrected chi connectivity index (χ2v) is 5.57. The van der Waals surface area contributed by atoms with Gasteiger partial charge in [-0.3, -0.25) is 19.3 Å². The minimum Gasteiger partial charge on any atom is -0.367 e. The van der Waals surface area contributed by atoms with E-state index in [9.17, 15) is 14.4 Å². The van der Waals surface area contributed by atoms with Gasteiger partial charge in [0, 0.05) is 12.6 Å². The molecule has 3 N–H and O–H groups in total. The molecule has 1 saturated heterocycles. The summed E-state index contributed by atoms with van der Waals surface area (Å²) in [6, 6.07) is 6.74. The molecule has 1 aromatic carbocycles. The highest BCUT2D eigenvalue weighted by Gasteiger charge is 2.35. The highest BCUT2D eigenvalue weighted by Crippen LogP contribution is 2.32. The van der Waals surface area contributed by atoms with Gasteiger partial charge in [0.25, 0.3) is 11.1 Å². The molecule has 116 valence electrons. The van der Waals surface area contributed by atoms with Gasteiger partial charge in [-0.05, 0) is 35.5 Å². The summed E-state index contributed by atoms with van der Waals surface area (Å²) in [5.41, 5.74) is 1.31. The first-order chi connectivity index (χ1) is 10.4. The lowest BCUT2D eigenvalue weighted by Crippen LogP contribution is -2.35. The molecule has 0 bridgehead atoms. The van der Waals surface area contributed by atoms with Crippen LogP contribution in [0.2, 0.25) is 0 Å². The van der Waals surface area contributed by atoms with Crippen molar-refractivity contribution in [3.63, 3.8) is 0 Å². The maximum atomic E-state index is 12.0. The van der Waals surface area contributed by atoms with Crippen LogP contribution in [0.5, 0.6) is 0 Å². The van der Waals surface area contributed by atoms with E-state index in [0.29, 0.717) is 11.3 Å². The van der Waals surface area contributed by atoms with Gasteiger partial charge >= 0.3 is 0 Å². The Kier molecular flexibility index (Phi) is 4.96. The summed E-state index contributed by atoms with van der Waals surface area (Å²) in [6.07, 6.45) is -0.226. The molecule has 0 saturated carbocycles. The first kappa shape index (κ1) is 16.2. The van der Waals surface area contributed by atoms with Gasteiger partial charge in [-0.15, -0.1) is 0 Å². The van der Waals surface area contributed by atoms with Crippen molar-refractivity contribution in [2.45, 2.75) is 13.2 Å². The molecule has 7 nitrogen and oxygen atoms in total. The summed E-state index contributed by atoms with van der Waals surface area (Å²) < 4.78 is 0. The Labute approximate surface area is 130 Å². The third kappa shape index (κ3) is 3.94. The second kappa shape index (κ2) is 6.73. The highest BCUT2D eigenvalue weighted by molar-refractivity contribution is 8.18. The van der Waals surface area contributed by atoms with E-state index in [1.165, 1.54) is 13.0 Å². The van der Waals surface area contributed by atoms with Crippen LogP contribution in [0, 0.1) is 0 Å². The molecular formula is C14H14N2O5S. The highest BCUT2D eigenvalue weighted by atomic mass is 32.2. The van der Waals surface area contributed by atoms with E-state index in [1.807, 2.05) is 0 Å². The average Bonchev–Trinajstić information content (AvgIpc) is 2.68. The van der Waals surface area contributed by atoms with Crippen molar-refractivity contribution in [1.29, 1.82) is 0 Å². The largest absolute Gasteiger partial charge is 0.367 e. The molecule has 1 heterocycles. The predicted molar refractivity (Wildman–Crippen MR) is 81.6 cm³/mol. The van der Waals surface area contributed by atoms with Crippen molar-refractivity contribution in [2.24, 2.45) is 0 Å². The standard InChI is InChI=1S/C14H14N2O5S/c1-8(17)15-10-4-2-9(3-5-10)6-11-13(20)16(7-12(18)19)14(21)22-11/h2-6,12,18-19H,7H2,1H3,(H,15,17)/b11-6-. The zero-order valence-corrected chi connectivity index (χ0v) is 12.5. The predicted octanol–water partition coefficient (Wildman–Crippen LogP) is 0.992. The minimum atomic E-state index is -1.76. The molecule has 1 aliphatic rings. The number of rotatable bonds is 4. The molecule has 0 radical (unpaired) electrons. The van der Waals surface area contributed by atoms with E-state index in [4.69, 9.17) is 10.2 Å². The molecule has 1 aromatic rings. The Balaban J connectivity index is 2.14. The van der Waals surface area contributed by atoms with Crippen molar-refractivity contribution in [3.05, 3.63) is 34.7 Å². The summed E-state index contributed by atoms with van der Waals surface area (Å²) in [6.45, 7) is 0.947. The van der Waals surface area contributed by atoms with Gasteiger partial charge in [-0.25, -0.2) is 0 Å². The number of β-amino-alcohol motifs (C(OH)–C–C–N with tert-alkyl or cyclic N) is 2. The summed E-state index contributed by atoms with van der Waals surface area (Å²) in [7, 11) is 0. The van der Waals surface area contributed by atoms with Gasteiger partial charge < -0.3 is 15.5 Å². The molecule has 3 amide bonds. The summed E-state index contributed by atoms with van der Waals surface area (Å²) >= 11 is 0.740. The topological polar surface area (TPSA) is 107 Å². The Morgan fingerprint density at radius 2 is 1.95 bits per heavy atom. The van der Waals surface area contributed by atoms with E-state index in [1.54, 1.807) is 24.3 Å². The van der Waals surface area contributed by atoms with E-state index >= 15 is 0 Å².